The second-order valence-corrected chi connectivity index (χ2v) is 8.71. The fourth-order valence-corrected chi connectivity index (χ4v) is 3.85. The Morgan fingerprint density at radius 2 is 1.80 bits per heavy atom. The molecule has 0 saturated heterocycles. The molecule has 2 rings (SSSR count). The zero-order valence-electron chi connectivity index (χ0n) is 16.9. The number of carbonyl (C=O) groups excluding carboxylic acids is 1. The van der Waals surface area contributed by atoms with Crippen LogP contribution in [-0.4, -0.2) is 48.8 Å². The highest BCUT2D eigenvalue weighted by Gasteiger charge is 2.27. The summed E-state index contributed by atoms with van der Waals surface area (Å²) in [7, 11) is -1.63. The molecule has 12 heteroatoms. The van der Waals surface area contributed by atoms with Crippen molar-refractivity contribution in [2.45, 2.75) is 31.2 Å². The second kappa shape index (κ2) is 9.22. The van der Waals surface area contributed by atoms with E-state index in [2.05, 4.69) is 4.98 Å². The lowest BCUT2D eigenvalue weighted by atomic mass is 10.3. The maximum atomic E-state index is 13.1. The molecule has 0 unspecified atom stereocenters. The molecule has 30 heavy (non-hydrogen) atoms. The molecule has 0 fully saturated rings. The molecule has 10 nitrogen and oxygen atoms in total. The van der Waals surface area contributed by atoms with Crippen LogP contribution >= 0.6 is 0 Å². The number of halogens is 1. The predicted octanol–water partition coefficient (Wildman–Crippen LogP) is 0.342. The standard InChI is InChI=1S/C18H24FN5O5S/c1-4-5-10-24-16(20)15(17(26)21-18(24)27)23(3)14(25)11-22(2)30(28,29)13-8-6-12(19)7-9-13/h6-9H,4-5,10-11,20H2,1-3H3,(H,21,26,27). The Morgan fingerprint density at radius 3 is 2.37 bits per heavy atom. The summed E-state index contributed by atoms with van der Waals surface area (Å²) < 4.78 is 40.2. The number of nitrogens with two attached hydrogens (primary N) is 1. The maximum absolute atomic E-state index is 13.1. The van der Waals surface area contributed by atoms with Gasteiger partial charge >= 0.3 is 5.69 Å². The van der Waals surface area contributed by atoms with Crippen molar-refractivity contribution in [3.63, 3.8) is 0 Å². The van der Waals surface area contributed by atoms with E-state index in [9.17, 15) is 27.2 Å². The fourth-order valence-electron chi connectivity index (χ4n) is 2.73. The zero-order valence-corrected chi connectivity index (χ0v) is 17.7. The normalized spacial score (nSPS) is 11.6. The van der Waals surface area contributed by atoms with Crippen LogP contribution in [0.4, 0.5) is 15.9 Å². The summed E-state index contributed by atoms with van der Waals surface area (Å²) in [6, 6.07) is 4.16. The summed E-state index contributed by atoms with van der Waals surface area (Å²) in [4.78, 5) is 39.8. The quantitative estimate of drug-likeness (QED) is 0.606. The van der Waals surface area contributed by atoms with Crippen LogP contribution < -0.4 is 21.9 Å². The lowest BCUT2D eigenvalue weighted by Gasteiger charge is -2.23. The molecule has 0 atom stereocenters. The van der Waals surface area contributed by atoms with Gasteiger partial charge in [-0.2, -0.15) is 4.31 Å². The molecule has 0 aliphatic carbocycles. The van der Waals surface area contributed by atoms with E-state index in [0.29, 0.717) is 6.42 Å². The van der Waals surface area contributed by atoms with Gasteiger partial charge in [0.15, 0.2) is 5.69 Å². The van der Waals surface area contributed by atoms with Gasteiger partial charge in [0.05, 0.1) is 11.4 Å². The highest BCUT2D eigenvalue weighted by molar-refractivity contribution is 7.89. The average molecular weight is 441 g/mol. The van der Waals surface area contributed by atoms with Crippen LogP contribution in [0.3, 0.4) is 0 Å². The van der Waals surface area contributed by atoms with Crippen LogP contribution in [0.2, 0.25) is 0 Å². The maximum Gasteiger partial charge on any atom is 0.330 e. The van der Waals surface area contributed by atoms with Gasteiger partial charge in [-0.3, -0.25) is 19.1 Å². The molecule has 1 heterocycles. The highest BCUT2D eigenvalue weighted by Crippen LogP contribution is 2.18. The molecule has 164 valence electrons. The molecule has 0 aliphatic heterocycles. The van der Waals surface area contributed by atoms with Gasteiger partial charge in [-0.15, -0.1) is 0 Å². The number of nitrogens with zero attached hydrogens (tertiary/aromatic N) is 3. The van der Waals surface area contributed by atoms with Crippen LogP contribution in [0, 0.1) is 5.82 Å². The van der Waals surface area contributed by atoms with Crippen LogP contribution in [0.5, 0.6) is 0 Å². The predicted molar refractivity (Wildman–Crippen MR) is 110 cm³/mol. The molecule has 1 aromatic heterocycles. The number of sulfonamides is 1. The van der Waals surface area contributed by atoms with E-state index >= 15 is 0 Å². The minimum absolute atomic E-state index is 0.183. The zero-order chi connectivity index (χ0) is 22.6. The number of H-pyrrole nitrogens is 1. The van der Waals surface area contributed by atoms with E-state index in [1.807, 2.05) is 6.92 Å². The number of nitrogens with one attached hydrogen (secondary N) is 1. The summed E-state index contributed by atoms with van der Waals surface area (Å²) in [5.74, 6) is -1.53. The Bertz CT molecular complexity index is 1140. The van der Waals surface area contributed by atoms with E-state index in [4.69, 9.17) is 5.73 Å². The van der Waals surface area contributed by atoms with Crippen molar-refractivity contribution in [3.05, 3.63) is 50.9 Å². The Morgan fingerprint density at radius 1 is 1.20 bits per heavy atom. The summed E-state index contributed by atoms with van der Waals surface area (Å²) >= 11 is 0. The molecule has 1 amide bonds. The first kappa shape index (κ1) is 23.3. The van der Waals surface area contributed by atoms with Crippen LogP contribution in [-0.2, 0) is 21.4 Å². The summed E-state index contributed by atoms with van der Waals surface area (Å²) in [5, 5.41) is 0. The van der Waals surface area contributed by atoms with Gasteiger partial charge in [-0.05, 0) is 30.7 Å². The second-order valence-electron chi connectivity index (χ2n) is 6.67. The smallest absolute Gasteiger partial charge is 0.330 e. The number of rotatable bonds is 8. The molecule has 2 aromatic rings. The summed E-state index contributed by atoms with van der Waals surface area (Å²) in [5.41, 5.74) is 4.18. The molecule has 0 bridgehead atoms. The van der Waals surface area contributed by atoms with E-state index in [0.717, 1.165) is 44.5 Å². The topological polar surface area (TPSA) is 139 Å². The largest absolute Gasteiger partial charge is 0.383 e. The molecule has 0 aliphatic rings. The molecular formula is C18H24FN5O5S. The van der Waals surface area contributed by atoms with Gasteiger partial charge < -0.3 is 10.6 Å². The number of hydrogen-bond donors (Lipinski definition) is 2. The molecular weight excluding hydrogens is 417 g/mol. The van der Waals surface area contributed by atoms with Gasteiger partial charge in [0.2, 0.25) is 15.9 Å². The molecule has 0 radical (unpaired) electrons. The number of hydrogen-bond acceptors (Lipinski definition) is 6. The number of aromatic nitrogens is 2. The number of carbonyl (C=O) groups is 1. The Balaban J connectivity index is 2.30. The lowest BCUT2D eigenvalue weighted by molar-refractivity contribution is -0.118. The number of anilines is 2. The number of unbranched alkanes of at least 4 members (excludes halogenated alkanes) is 1. The van der Waals surface area contributed by atoms with Crippen molar-refractivity contribution >= 4 is 27.4 Å². The first-order chi connectivity index (χ1) is 14.0. The minimum Gasteiger partial charge on any atom is -0.383 e. The van der Waals surface area contributed by atoms with E-state index in [1.165, 1.54) is 14.1 Å². The van der Waals surface area contributed by atoms with E-state index < -0.39 is 39.5 Å². The Hall–Kier alpha value is -2.99. The average Bonchev–Trinajstić information content (AvgIpc) is 2.67. The molecule has 0 spiro atoms. The van der Waals surface area contributed by atoms with Gasteiger partial charge in [-0.1, -0.05) is 13.3 Å². The van der Waals surface area contributed by atoms with Crippen molar-refractivity contribution in [3.8, 4) is 0 Å². The van der Waals surface area contributed by atoms with Crippen molar-refractivity contribution in [2.24, 2.45) is 0 Å². The Kier molecular flexibility index (Phi) is 7.16. The van der Waals surface area contributed by atoms with Crippen molar-refractivity contribution in [1.82, 2.24) is 13.9 Å². The van der Waals surface area contributed by atoms with Gasteiger partial charge in [0.1, 0.15) is 11.6 Å². The first-order valence-corrected chi connectivity index (χ1v) is 10.6. The number of aromatic amines is 1. The van der Waals surface area contributed by atoms with Crippen LogP contribution in [0.1, 0.15) is 19.8 Å². The number of benzene rings is 1. The molecule has 3 N–H and O–H groups in total. The number of likely N-dealkylation sites (N-methyl/N-ethyl adjacent to an activating group) is 2. The first-order valence-electron chi connectivity index (χ1n) is 9.11. The van der Waals surface area contributed by atoms with Gasteiger partial charge in [0, 0.05) is 20.6 Å². The fraction of sp³-hybridized carbons (Fsp3) is 0.389. The van der Waals surface area contributed by atoms with Crippen molar-refractivity contribution in [2.75, 3.05) is 31.3 Å². The summed E-state index contributed by atoms with van der Waals surface area (Å²) in [6.07, 6.45) is 1.41. The SMILES string of the molecule is CCCCn1c(N)c(N(C)C(=O)CN(C)S(=O)(=O)c2ccc(F)cc2)c(=O)[nH]c1=O. The Labute approximate surface area is 172 Å². The van der Waals surface area contributed by atoms with Gasteiger partial charge in [0.25, 0.3) is 5.56 Å². The van der Waals surface area contributed by atoms with Crippen molar-refractivity contribution in [1.29, 1.82) is 0 Å². The molecule has 1 aromatic carbocycles. The van der Waals surface area contributed by atoms with E-state index in [-0.39, 0.29) is 22.9 Å². The highest BCUT2D eigenvalue weighted by atomic mass is 32.2. The lowest BCUT2D eigenvalue weighted by Crippen LogP contribution is -2.43. The minimum atomic E-state index is -4.07. The van der Waals surface area contributed by atoms with Crippen LogP contribution in [0.25, 0.3) is 0 Å². The van der Waals surface area contributed by atoms with Crippen molar-refractivity contribution < 1.29 is 17.6 Å². The van der Waals surface area contributed by atoms with Crippen LogP contribution in [0.15, 0.2) is 38.8 Å². The third kappa shape index (κ3) is 4.76. The summed E-state index contributed by atoms with van der Waals surface area (Å²) in [6.45, 7) is 1.57. The molecule has 0 saturated carbocycles. The third-order valence-electron chi connectivity index (χ3n) is 4.54. The number of amides is 1. The van der Waals surface area contributed by atoms with E-state index in [1.54, 1.807) is 0 Å². The third-order valence-corrected chi connectivity index (χ3v) is 6.36. The monoisotopic (exact) mass is 441 g/mol. The van der Waals surface area contributed by atoms with Gasteiger partial charge in [-0.25, -0.2) is 17.6 Å². The number of nitrogen functional groups attached to an aromatic ring is 1.